The smallest absolute Gasteiger partial charge is 0.130 e. The van der Waals surface area contributed by atoms with E-state index in [1.165, 1.54) is 0 Å². The normalized spacial score (nSPS) is 11.5. The second-order valence-corrected chi connectivity index (χ2v) is 4.11. The van der Waals surface area contributed by atoms with E-state index in [1.54, 1.807) is 24.3 Å². The molecule has 0 bridgehead atoms. The summed E-state index contributed by atoms with van der Waals surface area (Å²) < 4.78 is 0. The summed E-state index contributed by atoms with van der Waals surface area (Å²) in [4.78, 5) is 0. The van der Waals surface area contributed by atoms with Crippen molar-refractivity contribution in [2.75, 3.05) is 5.73 Å². The van der Waals surface area contributed by atoms with Gasteiger partial charge in [-0.15, -0.1) is 0 Å². The molecule has 104 valence electrons. The number of rotatable bonds is 1. The van der Waals surface area contributed by atoms with E-state index in [2.05, 4.69) is 0 Å². The molecule has 2 nitrogen and oxygen atoms in total. The number of aliphatic hydroxyl groups excluding tert-OH is 1. The van der Waals surface area contributed by atoms with Gasteiger partial charge in [-0.05, 0) is 24.3 Å². The molecule has 3 heteroatoms. The summed E-state index contributed by atoms with van der Waals surface area (Å²) in [5.41, 5.74) is 7.86. The third-order valence-corrected chi connectivity index (χ3v) is 2.68. The SMILES string of the molecule is Nc1ccc(C(O)=C2C=CC=C2)cc1.[Fe].c1cc[cH-]c1. The first kappa shape index (κ1) is 16.0. The minimum Gasteiger partial charge on any atom is -0.507 e. The van der Waals surface area contributed by atoms with Crippen LogP contribution in [0.2, 0.25) is 0 Å². The third-order valence-electron chi connectivity index (χ3n) is 2.68. The van der Waals surface area contributed by atoms with Crippen molar-refractivity contribution in [2.45, 2.75) is 0 Å². The summed E-state index contributed by atoms with van der Waals surface area (Å²) in [5.74, 6) is 0.287. The Hall–Kier alpha value is -2.09. The van der Waals surface area contributed by atoms with Gasteiger partial charge >= 0.3 is 0 Å². The number of benzene rings is 1. The van der Waals surface area contributed by atoms with Gasteiger partial charge in [0.05, 0.1) is 0 Å². The van der Waals surface area contributed by atoms with Crippen LogP contribution in [0.25, 0.3) is 5.76 Å². The fourth-order valence-electron chi connectivity index (χ4n) is 1.66. The predicted octanol–water partition coefficient (Wildman–Crippen LogP) is 4.07. The Morgan fingerprint density at radius 3 is 1.95 bits per heavy atom. The molecule has 0 saturated heterocycles. The Labute approximate surface area is 129 Å². The molecule has 0 aliphatic heterocycles. The van der Waals surface area contributed by atoms with Gasteiger partial charge in [-0.25, -0.2) is 12.1 Å². The molecule has 1 aliphatic rings. The minimum absolute atomic E-state index is 0. The molecule has 0 saturated carbocycles. The molecule has 2 aromatic rings. The molecular formula is C17H16FeNO-. The Morgan fingerprint density at radius 2 is 1.50 bits per heavy atom. The second kappa shape index (κ2) is 8.15. The van der Waals surface area contributed by atoms with Crippen molar-refractivity contribution in [2.24, 2.45) is 0 Å². The molecule has 0 spiro atoms. The van der Waals surface area contributed by atoms with Crippen LogP contribution in [0.3, 0.4) is 0 Å². The Morgan fingerprint density at radius 1 is 0.950 bits per heavy atom. The predicted molar refractivity (Wildman–Crippen MR) is 80.7 cm³/mol. The number of hydrogen-bond acceptors (Lipinski definition) is 2. The van der Waals surface area contributed by atoms with Crippen LogP contribution in [0.15, 0.2) is 84.5 Å². The standard InChI is InChI=1S/C12H11NO.C5H5.Fe/c13-11-7-5-10(6-8-11)12(14)9-3-1-2-4-9;1-2-4-5-3-1;/h1-8,14H,13H2;1-5H;/q;-1;. The summed E-state index contributed by atoms with van der Waals surface area (Å²) >= 11 is 0. The quantitative estimate of drug-likeness (QED) is 0.361. The molecule has 0 heterocycles. The average Bonchev–Trinajstić information content (AvgIpc) is 3.15. The zero-order valence-corrected chi connectivity index (χ0v) is 12.0. The zero-order valence-electron chi connectivity index (χ0n) is 10.9. The van der Waals surface area contributed by atoms with Gasteiger partial charge in [0.1, 0.15) is 5.76 Å². The van der Waals surface area contributed by atoms with Crippen molar-refractivity contribution < 1.29 is 22.2 Å². The van der Waals surface area contributed by atoms with Gasteiger partial charge in [-0.2, -0.15) is 18.2 Å². The molecule has 3 N–H and O–H groups in total. The fourth-order valence-corrected chi connectivity index (χ4v) is 1.66. The molecule has 0 radical (unpaired) electrons. The maximum atomic E-state index is 9.85. The first-order valence-corrected chi connectivity index (χ1v) is 6.08. The van der Waals surface area contributed by atoms with E-state index in [0.717, 1.165) is 11.1 Å². The Balaban J connectivity index is 0.000000283. The van der Waals surface area contributed by atoms with E-state index in [-0.39, 0.29) is 22.8 Å². The van der Waals surface area contributed by atoms with Crippen molar-refractivity contribution in [3.63, 3.8) is 0 Å². The van der Waals surface area contributed by atoms with Crippen LogP contribution < -0.4 is 5.73 Å². The van der Waals surface area contributed by atoms with Crippen LogP contribution >= 0.6 is 0 Å². The molecule has 20 heavy (non-hydrogen) atoms. The van der Waals surface area contributed by atoms with Crippen molar-refractivity contribution >= 4 is 11.4 Å². The number of anilines is 1. The number of nitrogen functional groups attached to an aromatic ring is 1. The third kappa shape index (κ3) is 4.54. The van der Waals surface area contributed by atoms with Crippen LogP contribution in [0.5, 0.6) is 0 Å². The monoisotopic (exact) mass is 306 g/mol. The molecular weight excluding hydrogens is 290 g/mol. The van der Waals surface area contributed by atoms with Gasteiger partial charge in [-0.3, -0.25) is 0 Å². The molecule has 2 aromatic carbocycles. The first-order chi connectivity index (χ1) is 9.27. The van der Waals surface area contributed by atoms with E-state index in [0.29, 0.717) is 5.69 Å². The summed E-state index contributed by atoms with van der Waals surface area (Å²) in [6.45, 7) is 0. The van der Waals surface area contributed by atoms with Crippen molar-refractivity contribution in [3.8, 4) is 0 Å². The first-order valence-electron chi connectivity index (χ1n) is 6.08. The van der Waals surface area contributed by atoms with E-state index in [1.807, 2.05) is 54.6 Å². The largest absolute Gasteiger partial charge is 0.507 e. The van der Waals surface area contributed by atoms with E-state index >= 15 is 0 Å². The van der Waals surface area contributed by atoms with Gasteiger partial charge in [0.15, 0.2) is 0 Å². The van der Waals surface area contributed by atoms with Crippen molar-refractivity contribution in [3.05, 3.63) is 90.0 Å². The minimum atomic E-state index is 0. The second-order valence-electron chi connectivity index (χ2n) is 4.11. The van der Waals surface area contributed by atoms with Gasteiger partial charge in [0.2, 0.25) is 0 Å². The van der Waals surface area contributed by atoms with Crippen molar-refractivity contribution in [1.82, 2.24) is 0 Å². The van der Waals surface area contributed by atoms with Crippen LogP contribution in [0, 0.1) is 0 Å². The Bertz CT molecular complexity index is 561. The molecule has 0 amide bonds. The molecule has 3 rings (SSSR count). The van der Waals surface area contributed by atoms with E-state index < -0.39 is 0 Å². The number of allylic oxidation sites excluding steroid dienone is 5. The number of aliphatic hydroxyl groups is 1. The van der Waals surface area contributed by atoms with E-state index in [9.17, 15) is 5.11 Å². The maximum Gasteiger partial charge on any atom is 0.130 e. The van der Waals surface area contributed by atoms with Gasteiger partial charge in [-0.1, -0.05) is 24.3 Å². The van der Waals surface area contributed by atoms with Gasteiger partial charge in [0.25, 0.3) is 0 Å². The zero-order chi connectivity index (χ0) is 13.5. The summed E-state index contributed by atoms with van der Waals surface area (Å²) in [5, 5.41) is 9.85. The molecule has 0 atom stereocenters. The molecule has 0 aromatic heterocycles. The Kier molecular flexibility index (Phi) is 6.51. The molecule has 1 aliphatic carbocycles. The number of nitrogens with two attached hydrogens (primary N) is 1. The summed E-state index contributed by atoms with van der Waals surface area (Å²) in [7, 11) is 0. The summed E-state index contributed by atoms with van der Waals surface area (Å²) in [6.07, 6.45) is 7.52. The fraction of sp³-hybridized carbons (Fsp3) is 0. The van der Waals surface area contributed by atoms with Gasteiger partial charge in [0, 0.05) is 33.9 Å². The topological polar surface area (TPSA) is 46.2 Å². The maximum absolute atomic E-state index is 9.85. The van der Waals surface area contributed by atoms with Crippen LogP contribution in [-0.4, -0.2) is 5.11 Å². The van der Waals surface area contributed by atoms with E-state index in [4.69, 9.17) is 5.73 Å². The molecule has 0 fully saturated rings. The summed E-state index contributed by atoms with van der Waals surface area (Å²) in [6, 6.07) is 17.2. The van der Waals surface area contributed by atoms with Gasteiger partial charge < -0.3 is 10.8 Å². The average molecular weight is 306 g/mol. The van der Waals surface area contributed by atoms with Crippen LogP contribution in [0.4, 0.5) is 5.69 Å². The number of hydrogen-bond donors (Lipinski definition) is 2. The van der Waals surface area contributed by atoms with Crippen LogP contribution in [-0.2, 0) is 17.1 Å². The molecule has 0 unspecified atom stereocenters. The van der Waals surface area contributed by atoms with Crippen LogP contribution in [0.1, 0.15) is 5.56 Å². The van der Waals surface area contributed by atoms with Crippen molar-refractivity contribution in [1.29, 1.82) is 0 Å².